The lowest BCUT2D eigenvalue weighted by molar-refractivity contribution is 0.131. The standard InChI is InChI=1S/C11H21N/c1-10-6-7-11-4-2-8-12(10)9-3-5-11/h10-11H,2-9H2,1H3/t10-/m1/s1. The highest BCUT2D eigenvalue weighted by Gasteiger charge is 2.22. The van der Waals surface area contributed by atoms with E-state index >= 15 is 0 Å². The van der Waals surface area contributed by atoms with E-state index in [0.717, 1.165) is 12.0 Å². The van der Waals surface area contributed by atoms with Gasteiger partial charge in [0.25, 0.3) is 0 Å². The third-order valence-corrected chi connectivity index (χ3v) is 3.73. The van der Waals surface area contributed by atoms with Crippen molar-refractivity contribution in [3.8, 4) is 0 Å². The van der Waals surface area contributed by atoms with Crippen LogP contribution in [0.4, 0.5) is 0 Å². The van der Waals surface area contributed by atoms with E-state index in [1.54, 1.807) is 0 Å². The summed E-state index contributed by atoms with van der Waals surface area (Å²) in [5, 5.41) is 0. The fourth-order valence-corrected chi connectivity index (χ4v) is 2.81. The fourth-order valence-electron chi connectivity index (χ4n) is 2.81. The monoisotopic (exact) mass is 167 g/mol. The first-order chi connectivity index (χ1) is 5.86. The molecular formula is C11H21N. The number of fused-ring (bicyclic) bond motifs is 6. The number of hydrogen-bond donors (Lipinski definition) is 0. The molecule has 2 bridgehead atoms. The van der Waals surface area contributed by atoms with E-state index in [9.17, 15) is 0 Å². The highest BCUT2D eigenvalue weighted by atomic mass is 15.1. The second-order valence-corrected chi connectivity index (χ2v) is 4.61. The highest BCUT2D eigenvalue weighted by Crippen LogP contribution is 2.28. The zero-order valence-electron chi connectivity index (χ0n) is 8.26. The average molecular weight is 167 g/mol. The van der Waals surface area contributed by atoms with E-state index in [1.807, 2.05) is 0 Å². The molecule has 0 N–H and O–H groups in total. The zero-order chi connectivity index (χ0) is 8.39. The van der Waals surface area contributed by atoms with Crippen LogP contribution in [0.1, 0.15) is 45.4 Å². The van der Waals surface area contributed by atoms with Gasteiger partial charge < -0.3 is 4.90 Å². The first-order valence-electron chi connectivity index (χ1n) is 5.60. The highest BCUT2D eigenvalue weighted by molar-refractivity contribution is 4.77. The van der Waals surface area contributed by atoms with Crippen LogP contribution in [0.2, 0.25) is 0 Å². The lowest BCUT2D eigenvalue weighted by Crippen LogP contribution is -2.38. The van der Waals surface area contributed by atoms with Gasteiger partial charge in [0.05, 0.1) is 0 Å². The Morgan fingerprint density at radius 3 is 2.25 bits per heavy atom. The summed E-state index contributed by atoms with van der Waals surface area (Å²) in [6.07, 6.45) is 8.86. The molecule has 0 amide bonds. The summed E-state index contributed by atoms with van der Waals surface area (Å²) in [6, 6.07) is 0.869. The van der Waals surface area contributed by atoms with Crippen LogP contribution in [0.3, 0.4) is 0 Å². The normalized spacial score (nSPS) is 43.2. The van der Waals surface area contributed by atoms with Gasteiger partial charge in [0.2, 0.25) is 0 Å². The molecule has 0 saturated carbocycles. The van der Waals surface area contributed by atoms with Crippen LogP contribution in [-0.4, -0.2) is 24.0 Å². The van der Waals surface area contributed by atoms with E-state index in [4.69, 9.17) is 0 Å². The fraction of sp³-hybridized carbons (Fsp3) is 1.00. The quantitative estimate of drug-likeness (QED) is 0.536. The van der Waals surface area contributed by atoms with Gasteiger partial charge in [-0.15, -0.1) is 0 Å². The largest absolute Gasteiger partial charge is 0.301 e. The molecule has 3 aliphatic rings. The van der Waals surface area contributed by atoms with Crippen molar-refractivity contribution in [1.29, 1.82) is 0 Å². The van der Waals surface area contributed by atoms with E-state index in [-0.39, 0.29) is 0 Å². The first kappa shape index (κ1) is 8.55. The van der Waals surface area contributed by atoms with Crippen LogP contribution >= 0.6 is 0 Å². The van der Waals surface area contributed by atoms with Crippen LogP contribution in [0.15, 0.2) is 0 Å². The lowest BCUT2D eigenvalue weighted by atomic mass is 9.87. The van der Waals surface area contributed by atoms with Crippen LogP contribution in [0.25, 0.3) is 0 Å². The molecule has 0 unspecified atom stereocenters. The Hall–Kier alpha value is -0.0400. The summed E-state index contributed by atoms with van der Waals surface area (Å²) in [5.74, 6) is 1.08. The van der Waals surface area contributed by atoms with Crippen molar-refractivity contribution in [1.82, 2.24) is 4.90 Å². The maximum atomic E-state index is 2.70. The Bertz CT molecular complexity index is 132. The van der Waals surface area contributed by atoms with E-state index < -0.39 is 0 Å². The molecule has 3 rings (SSSR count). The molecule has 0 aliphatic carbocycles. The van der Waals surface area contributed by atoms with Crippen LogP contribution < -0.4 is 0 Å². The van der Waals surface area contributed by atoms with Crippen molar-refractivity contribution in [2.45, 2.75) is 51.5 Å². The van der Waals surface area contributed by atoms with Gasteiger partial charge in [0.1, 0.15) is 0 Å². The van der Waals surface area contributed by atoms with Gasteiger partial charge in [0.15, 0.2) is 0 Å². The molecule has 1 heteroatoms. The van der Waals surface area contributed by atoms with E-state index in [1.165, 1.54) is 51.6 Å². The Kier molecular flexibility index (Phi) is 2.69. The SMILES string of the molecule is C[C@@H]1CCC2CCCN1CCC2. The maximum Gasteiger partial charge on any atom is 0.00670 e. The summed E-state index contributed by atoms with van der Waals surface area (Å²) < 4.78 is 0. The Labute approximate surface area is 76.1 Å². The molecule has 1 nitrogen and oxygen atoms in total. The molecule has 0 aromatic heterocycles. The summed E-state index contributed by atoms with van der Waals surface area (Å²) in [6.45, 7) is 5.16. The minimum absolute atomic E-state index is 0.869. The van der Waals surface area contributed by atoms with Crippen molar-refractivity contribution in [2.75, 3.05) is 13.1 Å². The lowest BCUT2D eigenvalue weighted by Gasteiger charge is -2.36. The van der Waals surface area contributed by atoms with Crippen molar-refractivity contribution in [2.24, 2.45) is 5.92 Å². The summed E-state index contributed by atoms with van der Waals surface area (Å²) in [5.41, 5.74) is 0. The molecular weight excluding hydrogens is 146 g/mol. The molecule has 3 saturated heterocycles. The smallest absolute Gasteiger partial charge is 0.00670 e. The predicted molar refractivity (Wildman–Crippen MR) is 52.2 cm³/mol. The molecule has 1 atom stereocenters. The third-order valence-electron chi connectivity index (χ3n) is 3.73. The third kappa shape index (κ3) is 1.82. The Morgan fingerprint density at radius 1 is 0.917 bits per heavy atom. The minimum atomic E-state index is 0.869. The van der Waals surface area contributed by atoms with E-state index in [0.29, 0.717) is 0 Å². The maximum absolute atomic E-state index is 2.70. The summed E-state index contributed by atoms with van der Waals surface area (Å²) in [7, 11) is 0. The number of rotatable bonds is 0. The van der Waals surface area contributed by atoms with E-state index in [2.05, 4.69) is 11.8 Å². The molecule has 0 radical (unpaired) electrons. The van der Waals surface area contributed by atoms with Crippen molar-refractivity contribution in [3.05, 3.63) is 0 Å². The molecule has 3 fully saturated rings. The Balaban J connectivity index is 2.02. The van der Waals surface area contributed by atoms with Crippen molar-refractivity contribution >= 4 is 0 Å². The molecule has 3 heterocycles. The first-order valence-corrected chi connectivity index (χ1v) is 5.60. The predicted octanol–water partition coefficient (Wildman–Crippen LogP) is 2.66. The number of nitrogens with zero attached hydrogens (tertiary/aromatic N) is 1. The van der Waals surface area contributed by atoms with Gasteiger partial charge in [0, 0.05) is 6.04 Å². The average Bonchev–Trinajstić information content (AvgIpc) is 1.97. The van der Waals surface area contributed by atoms with Crippen LogP contribution in [0, 0.1) is 5.92 Å². The Morgan fingerprint density at radius 2 is 1.58 bits per heavy atom. The van der Waals surface area contributed by atoms with Crippen LogP contribution in [-0.2, 0) is 0 Å². The van der Waals surface area contributed by atoms with Gasteiger partial charge in [-0.05, 0) is 64.5 Å². The molecule has 0 spiro atoms. The minimum Gasteiger partial charge on any atom is -0.301 e. The van der Waals surface area contributed by atoms with Gasteiger partial charge >= 0.3 is 0 Å². The summed E-state index contributed by atoms with van der Waals surface area (Å²) >= 11 is 0. The molecule has 3 aliphatic heterocycles. The zero-order valence-corrected chi connectivity index (χ0v) is 8.26. The number of hydrogen-bond acceptors (Lipinski definition) is 1. The van der Waals surface area contributed by atoms with Gasteiger partial charge in [-0.2, -0.15) is 0 Å². The molecule has 0 aromatic carbocycles. The molecule has 0 aromatic rings. The second-order valence-electron chi connectivity index (χ2n) is 4.61. The van der Waals surface area contributed by atoms with Gasteiger partial charge in [-0.3, -0.25) is 0 Å². The topological polar surface area (TPSA) is 3.24 Å². The van der Waals surface area contributed by atoms with Gasteiger partial charge in [-0.1, -0.05) is 0 Å². The van der Waals surface area contributed by atoms with Gasteiger partial charge in [-0.25, -0.2) is 0 Å². The van der Waals surface area contributed by atoms with Crippen molar-refractivity contribution in [3.63, 3.8) is 0 Å². The molecule has 70 valence electrons. The second kappa shape index (κ2) is 3.78. The van der Waals surface area contributed by atoms with Crippen molar-refractivity contribution < 1.29 is 0 Å². The molecule has 12 heavy (non-hydrogen) atoms. The summed E-state index contributed by atoms with van der Waals surface area (Å²) in [4.78, 5) is 2.70. The van der Waals surface area contributed by atoms with Crippen LogP contribution in [0.5, 0.6) is 0 Å².